The van der Waals surface area contributed by atoms with Gasteiger partial charge in [0.05, 0.1) is 18.4 Å². The van der Waals surface area contributed by atoms with Gasteiger partial charge in [-0.3, -0.25) is 10.1 Å². The number of methoxy groups -OCH3 is 1. The lowest BCUT2D eigenvalue weighted by Crippen LogP contribution is -2.13. The zero-order chi connectivity index (χ0) is 13.8. The van der Waals surface area contributed by atoms with Crippen molar-refractivity contribution >= 4 is 22.4 Å². The van der Waals surface area contributed by atoms with E-state index in [4.69, 9.17) is 4.74 Å². The standard InChI is InChI=1S/C14H16N2O2S/c1-4-10-5-6-12(18-3)11(7-10)13(17)16-14-15-9(2)8-19-14/h5-8H,4H2,1-3H3,(H,15,16,17). The van der Waals surface area contributed by atoms with Crippen LogP contribution in [0.15, 0.2) is 23.6 Å². The number of nitrogens with one attached hydrogen (secondary N) is 1. The lowest BCUT2D eigenvalue weighted by Gasteiger charge is -2.09. The number of carbonyl (C=O) groups excluding carboxylic acids is 1. The molecule has 1 aromatic heterocycles. The van der Waals surface area contributed by atoms with Gasteiger partial charge in [-0.2, -0.15) is 0 Å². The fourth-order valence-corrected chi connectivity index (χ4v) is 2.41. The molecule has 2 aromatic rings. The van der Waals surface area contributed by atoms with Crippen LogP contribution in [-0.2, 0) is 6.42 Å². The zero-order valence-corrected chi connectivity index (χ0v) is 12.0. The maximum atomic E-state index is 12.2. The van der Waals surface area contributed by atoms with Gasteiger partial charge < -0.3 is 4.74 Å². The molecule has 4 nitrogen and oxygen atoms in total. The Labute approximate surface area is 116 Å². The summed E-state index contributed by atoms with van der Waals surface area (Å²) in [6, 6.07) is 5.64. The van der Waals surface area contributed by atoms with Crippen molar-refractivity contribution in [2.24, 2.45) is 0 Å². The van der Waals surface area contributed by atoms with Crippen molar-refractivity contribution < 1.29 is 9.53 Å². The van der Waals surface area contributed by atoms with E-state index in [0.717, 1.165) is 17.7 Å². The van der Waals surface area contributed by atoms with Crippen LogP contribution in [0.5, 0.6) is 5.75 Å². The Balaban J connectivity index is 2.26. The van der Waals surface area contributed by atoms with Gasteiger partial charge in [-0.05, 0) is 31.0 Å². The highest BCUT2D eigenvalue weighted by Gasteiger charge is 2.14. The van der Waals surface area contributed by atoms with E-state index in [-0.39, 0.29) is 5.91 Å². The van der Waals surface area contributed by atoms with Gasteiger partial charge in [-0.15, -0.1) is 11.3 Å². The summed E-state index contributed by atoms with van der Waals surface area (Å²) in [4.78, 5) is 16.5. The quantitative estimate of drug-likeness (QED) is 0.932. The fraction of sp³-hybridized carbons (Fsp3) is 0.286. The van der Waals surface area contributed by atoms with Crippen LogP contribution in [0.1, 0.15) is 28.5 Å². The first-order chi connectivity index (χ1) is 9.13. The Kier molecular flexibility index (Phi) is 4.16. The molecule has 0 unspecified atom stereocenters. The SMILES string of the molecule is CCc1ccc(OC)c(C(=O)Nc2nc(C)cs2)c1. The van der Waals surface area contributed by atoms with E-state index < -0.39 is 0 Å². The molecule has 0 saturated heterocycles. The maximum absolute atomic E-state index is 12.2. The lowest BCUT2D eigenvalue weighted by atomic mass is 10.1. The summed E-state index contributed by atoms with van der Waals surface area (Å²) < 4.78 is 5.23. The normalized spacial score (nSPS) is 10.3. The highest BCUT2D eigenvalue weighted by atomic mass is 32.1. The van der Waals surface area contributed by atoms with Gasteiger partial charge >= 0.3 is 0 Å². The van der Waals surface area contributed by atoms with E-state index in [1.807, 2.05) is 37.4 Å². The molecule has 0 aliphatic rings. The van der Waals surface area contributed by atoms with E-state index in [0.29, 0.717) is 16.4 Å². The highest BCUT2D eigenvalue weighted by molar-refractivity contribution is 7.13. The van der Waals surface area contributed by atoms with Crippen LogP contribution in [0, 0.1) is 6.92 Å². The molecule has 1 aromatic carbocycles. The van der Waals surface area contributed by atoms with E-state index in [9.17, 15) is 4.79 Å². The number of nitrogens with zero attached hydrogens (tertiary/aromatic N) is 1. The molecule has 1 amide bonds. The summed E-state index contributed by atoms with van der Waals surface area (Å²) in [5.41, 5.74) is 2.53. The van der Waals surface area contributed by atoms with Crippen molar-refractivity contribution in [2.75, 3.05) is 12.4 Å². The first-order valence-corrected chi connectivity index (χ1v) is 6.92. The van der Waals surface area contributed by atoms with E-state index in [2.05, 4.69) is 10.3 Å². The molecule has 0 fully saturated rings. The molecule has 0 saturated carbocycles. The van der Waals surface area contributed by atoms with Crippen LogP contribution < -0.4 is 10.1 Å². The minimum absolute atomic E-state index is 0.193. The number of hydrogen-bond donors (Lipinski definition) is 1. The predicted octanol–water partition coefficient (Wildman–Crippen LogP) is 3.27. The number of carbonyl (C=O) groups is 1. The first-order valence-electron chi connectivity index (χ1n) is 6.04. The average Bonchev–Trinajstić information content (AvgIpc) is 2.83. The number of ether oxygens (including phenoxy) is 1. The molecule has 100 valence electrons. The first kappa shape index (κ1) is 13.5. The number of hydrogen-bond acceptors (Lipinski definition) is 4. The molecule has 0 bridgehead atoms. The van der Waals surface area contributed by atoms with Crippen LogP contribution in [0.2, 0.25) is 0 Å². The number of rotatable bonds is 4. The van der Waals surface area contributed by atoms with Crippen LogP contribution >= 0.6 is 11.3 Å². The van der Waals surface area contributed by atoms with E-state index in [1.54, 1.807) is 7.11 Å². The van der Waals surface area contributed by atoms with E-state index in [1.165, 1.54) is 11.3 Å². The number of aryl methyl sites for hydroxylation is 2. The highest BCUT2D eigenvalue weighted by Crippen LogP contribution is 2.22. The molecule has 19 heavy (non-hydrogen) atoms. The Morgan fingerprint density at radius 3 is 2.84 bits per heavy atom. The third-order valence-corrected chi connectivity index (χ3v) is 3.63. The van der Waals surface area contributed by atoms with Crippen molar-refractivity contribution in [3.8, 4) is 5.75 Å². The van der Waals surface area contributed by atoms with Gasteiger partial charge in [0, 0.05) is 5.38 Å². The second-order valence-corrected chi connectivity index (χ2v) is 4.99. The molecule has 0 aliphatic carbocycles. The molecule has 0 aliphatic heterocycles. The molecule has 1 N–H and O–H groups in total. The maximum Gasteiger partial charge on any atom is 0.261 e. The third kappa shape index (κ3) is 3.12. The van der Waals surface area contributed by atoms with E-state index >= 15 is 0 Å². The van der Waals surface area contributed by atoms with Gasteiger partial charge in [0.15, 0.2) is 5.13 Å². The second kappa shape index (κ2) is 5.84. The third-order valence-electron chi connectivity index (χ3n) is 2.76. The van der Waals surface area contributed by atoms with Gasteiger partial charge in [-0.1, -0.05) is 13.0 Å². The summed E-state index contributed by atoms with van der Waals surface area (Å²) in [6.45, 7) is 3.94. The molecule has 0 atom stereocenters. The van der Waals surface area contributed by atoms with Crippen LogP contribution in [-0.4, -0.2) is 18.0 Å². The van der Waals surface area contributed by atoms with Crippen LogP contribution in [0.4, 0.5) is 5.13 Å². The zero-order valence-electron chi connectivity index (χ0n) is 11.2. The summed E-state index contributed by atoms with van der Waals surface area (Å²) in [5.74, 6) is 0.379. The molecule has 1 heterocycles. The summed E-state index contributed by atoms with van der Waals surface area (Å²) in [6.07, 6.45) is 0.876. The average molecular weight is 276 g/mol. The van der Waals surface area contributed by atoms with Crippen molar-refractivity contribution in [1.29, 1.82) is 0 Å². The Bertz CT molecular complexity index is 593. The Morgan fingerprint density at radius 2 is 2.26 bits per heavy atom. The second-order valence-electron chi connectivity index (χ2n) is 4.14. The van der Waals surface area contributed by atoms with Gasteiger partial charge in [0.25, 0.3) is 5.91 Å². The number of amides is 1. The number of aromatic nitrogens is 1. The summed E-state index contributed by atoms with van der Waals surface area (Å²) >= 11 is 1.41. The van der Waals surface area contributed by atoms with Crippen molar-refractivity contribution in [1.82, 2.24) is 4.98 Å². The minimum Gasteiger partial charge on any atom is -0.496 e. The van der Waals surface area contributed by atoms with Crippen molar-refractivity contribution in [3.05, 3.63) is 40.4 Å². The topological polar surface area (TPSA) is 51.2 Å². The summed E-state index contributed by atoms with van der Waals surface area (Å²) in [5, 5.41) is 5.29. The number of thiazole rings is 1. The largest absolute Gasteiger partial charge is 0.496 e. The van der Waals surface area contributed by atoms with Crippen molar-refractivity contribution in [2.45, 2.75) is 20.3 Å². The molecule has 2 rings (SSSR count). The molecule has 5 heteroatoms. The Hall–Kier alpha value is -1.88. The van der Waals surface area contributed by atoms with Gasteiger partial charge in [-0.25, -0.2) is 4.98 Å². The molecular weight excluding hydrogens is 260 g/mol. The lowest BCUT2D eigenvalue weighted by molar-refractivity contribution is 0.102. The monoisotopic (exact) mass is 276 g/mol. The summed E-state index contributed by atoms with van der Waals surface area (Å²) in [7, 11) is 1.56. The molecule has 0 radical (unpaired) electrons. The fourth-order valence-electron chi connectivity index (χ4n) is 1.73. The molecular formula is C14H16N2O2S. The smallest absolute Gasteiger partial charge is 0.261 e. The van der Waals surface area contributed by atoms with Gasteiger partial charge in [0.1, 0.15) is 5.75 Å². The van der Waals surface area contributed by atoms with Crippen molar-refractivity contribution in [3.63, 3.8) is 0 Å². The number of anilines is 1. The van der Waals surface area contributed by atoms with Crippen LogP contribution in [0.25, 0.3) is 0 Å². The number of benzene rings is 1. The Morgan fingerprint density at radius 1 is 1.47 bits per heavy atom. The molecule has 0 spiro atoms. The van der Waals surface area contributed by atoms with Gasteiger partial charge in [0.2, 0.25) is 0 Å². The van der Waals surface area contributed by atoms with Crippen LogP contribution in [0.3, 0.4) is 0 Å². The minimum atomic E-state index is -0.193. The predicted molar refractivity (Wildman–Crippen MR) is 77.2 cm³/mol.